The average molecular weight is 339 g/mol. The summed E-state index contributed by atoms with van der Waals surface area (Å²) in [6.45, 7) is 5.07. The van der Waals surface area contributed by atoms with Gasteiger partial charge >= 0.3 is 0 Å². The number of nitrogens with zero attached hydrogens (tertiary/aromatic N) is 4. The summed E-state index contributed by atoms with van der Waals surface area (Å²) < 4.78 is 5.22. The van der Waals surface area contributed by atoms with E-state index in [0.29, 0.717) is 41.3 Å². The number of hydrogen-bond donors (Lipinski definition) is 0. The molecule has 1 aromatic heterocycles. The van der Waals surface area contributed by atoms with Crippen molar-refractivity contribution in [2.24, 2.45) is 5.92 Å². The van der Waals surface area contributed by atoms with Gasteiger partial charge in [0, 0.05) is 30.1 Å². The number of nitro groups is 1. The van der Waals surface area contributed by atoms with E-state index in [4.69, 9.17) is 16.1 Å². The lowest BCUT2D eigenvalue weighted by Crippen LogP contribution is -2.18. The van der Waals surface area contributed by atoms with Gasteiger partial charge in [-0.25, -0.2) is 0 Å². The number of hydrogen-bond acceptors (Lipinski definition) is 6. The number of benzene rings is 1. The Kier molecular flexibility index (Phi) is 5.68. The van der Waals surface area contributed by atoms with Crippen LogP contribution in [0.1, 0.15) is 31.1 Å². The molecule has 0 N–H and O–H groups in total. The second kappa shape index (κ2) is 7.52. The van der Waals surface area contributed by atoms with Crippen LogP contribution in [-0.2, 0) is 19.5 Å². The molecule has 2 aromatic rings. The summed E-state index contributed by atoms with van der Waals surface area (Å²) in [6.07, 6.45) is 0.768. The zero-order valence-corrected chi connectivity index (χ0v) is 14.1. The van der Waals surface area contributed by atoms with Gasteiger partial charge in [0.05, 0.1) is 11.5 Å². The minimum Gasteiger partial charge on any atom is -0.338 e. The third-order valence-electron chi connectivity index (χ3n) is 3.19. The normalized spacial score (nSPS) is 11.4. The second-order valence-corrected chi connectivity index (χ2v) is 6.31. The van der Waals surface area contributed by atoms with Crippen LogP contribution < -0.4 is 0 Å². The second-order valence-electron chi connectivity index (χ2n) is 5.91. The van der Waals surface area contributed by atoms with E-state index >= 15 is 0 Å². The van der Waals surface area contributed by atoms with E-state index in [1.165, 1.54) is 18.2 Å². The maximum absolute atomic E-state index is 10.8. The molecule has 0 amide bonds. The number of nitro benzene ring substituents is 1. The molecule has 0 radical (unpaired) electrons. The van der Waals surface area contributed by atoms with Crippen LogP contribution in [0.4, 0.5) is 5.69 Å². The first-order valence-corrected chi connectivity index (χ1v) is 7.65. The molecular formula is C15H19ClN4O3. The first-order chi connectivity index (χ1) is 10.8. The molecule has 124 valence electrons. The number of aromatic nitrogens is 2. The lowest BCUT2D eigenvalue weighted by molar-refractivity contribution is -0.384. The predicted molar refractivity (Wildman–Crippen MR) is 86.1 cm³/mol. The highest BCUT2D eigenvalue weighted by molar-refractivity contribution is 6.31. The van der Waals surface area contributed by atoms with Crippen LogP contribution in [0.5, 0.6) is 0 Å². The Morgan fingerprint density at radius 2 is 2.13 bits per heavy atom. The summed E-state index contributed by atoms with van der Waals surface area (Å²) in [5.41, 5.74) is 0.708. The molecule has 0 spiro atoms. The molecular weight excluding hydrogens is 320 g/mol. The lowest BCUT2D eigenvalue weighted by Gasteiger charge is -2.15. The monoisotopic (exact) mass is 338 g/mol. The van der Waals surface area contributed by atoms with Gasteiger partial charge in [-0.3, -0.25) is 15.0 Å². The minimum atomic E-state index is -0.434. The van der Waals surface area contributed by atoms with E-state index in [2.05, 4.69) is 24.0 Å². The van der Waals surface area contributed by atoms with Crippen molar-refractivity contribution in [3.63, 3.8) is 0 Å². The van der Waals surface area contributed by atoms with Gasteiger partial charge < -0.3 is 4.52 Å². The molecule has 7 nitrogen and oxygen atoms in total. The zero-order valence-electron chi connectivity index (χ0n) is 13.3. The molecule has 0 aliphatic heterocycles. The van der Waals surface area contributed by atoms with Crippen molar-refractivity contribution < 1.29 is 9.45 Å². The van der Waals surface area contributed by atoms with Gasteiger partial charge in [-0.1, -0.05) is 30.6 Å². The molecule has 0 aliphatic carbocycles. The smallest absolute Gasteiger partial charge is 0.269 e. The standard InChI is InChI=1S/C15H19ClN4O3/c1-10(2)6-14-17-15(23-18-14)9-19(3)8-11-7-12(20(21)22)4-5-13(11)16/h4-5,7,10H,6,8-9H2,1-3H3. The number of rotatable bonds is 7. The third kappa shape index (κ3) is 5.01. The topological polar surface area (TPSA) is 85.3 Å². The molecule has 1 aromatic carbocycles. The van der Waals surface area contributed by atoms with Crippen molar-refractivity contribution in [3.8, 4) is 0 Å². The number of non-ortho nitro benzene ring substituents is 1. The van der Waals surface area contributed by atoms with Crippen molar-refractivity contribution in [1.82, 2.24) is 15.0 Å². The Morgan fingerprint density at radius 3 is 2.78 bits per heavy atom. The fraction of sp³-hybridized carbons (Fsp3) is 0.467. The summed E-state index contributed by atoms with van der Waals surface area (Å²) in [5, 5.41) is 15.3. The predicted octanol–water partition coefficient (Wildman–Crippen LogP) is 3.46. The maximum Gasteiger partial charge on any atom is 0.269 e. The molecule has 23 heavy (non-hydrogen) atoms. The highest BCUT2D eigenvalue weighted by Gasteiger charge is 2.14. The minimum absolute atomic E-state index is 0.0230. The van der Waals surface area contributed by atoms with Crippen molar-refractivity contribution in [1.29, 1.82) is 0 Å². The Balaban J connectivity index is 2.02. The zero-order chi connectivity index (χ0) is 17.0. The van der Waals surface area contributed by atoms with Crippen LogP contribution in [0.25, 0.3) is 0 Å². The molecule has 0 aliphatic rings. The Morgan fingerprint density at radius 1 is 1.39 bits per heavy atom. The van der Waals surface area contributed by atoms with Gasteiger partial charge in [-0.05, 0) is 24.6 Å². The Labute approximate surface area is 139 Å². The lowest BCUT2D eigenvalue weighted by atomic mass is 10.1. The first kappa shape index (κ1) is 17.4. The molecule has 1 heterocycles. The summed E-state index contributed by atoms with van der Waals surface area (Å²) in [4.78, 5) is 16.7. The largest absolute Gasteiger partial charge is 0.338 e. The molecule has 0 atom stereocenters. The van der Waals surface area contributed by atoms with Crippen LogP contribution in [0.2, 0.25) is 5.02 Å². The third-order valence-corrected chi connectivity index (χ3v) is 3.56. The van der Waals surface area contributed by atoms with Gasteiger partial charge in [-0.2, -0.15) is 4.98 Å². The van der Waals surface area contributed by atoms with Gasteiger partial charge in [0.15, 0.2) is 5.82 Å². The molecule has 0 unspecified atom stereocenters. The Bertz CT molecular complexity index is 687. The summed E-state index contributed by atoms with van der Waals surface area (Å²) >= 11 is 6.11. The maximum atomic E-state index is 10.8. The molecule has 8 heteroatoms. The Hall–Kier alpha value is -1.99. The fourth-order valence-electron chi connectivity index (χ4n) is 2.18. The van der Waals surface area contributed by atoms with Gasteiger partial charge in [0.25, 0.3) is 5.69 Å². The average Bonchev–Trinajstić information content (AvgIpc) is 2.87. The van der Waals surface area contributed by atoms with Crippen LogP contribution in [0.3, 0.4) is 0 Å². The summed E-state index contributed by atoms with van der Waals surface area (Å²) in [6, 6.07) is 4.41. The van der Waals surface area contributed by atoms with Crippen LogP contribution >= 0.6 is 11.6 Å². The van der Waals surface area contributed by atoms with E-state index in [1.807, 2.05) is 11.9 Å². The van der Waals surface area contributed by atoms with Gasteiger partial charge in [0.1, 0.15) is 0 Å². The van der Waals surface area contributed by atoms with Crippen LogP contribution in [-0.4, -0.2) is 27.0 Å². The molecule has 0 saturated carbocycles. The van der Waals surface area contributed by atoms with E-state index < -0.39 is 4.92 Å². The van der Waals surface area contributed by atoms with Crippen molar-refractivity contribution in [2.75, 3.05) is 7.05 Å². The highest BCUT2D eigenvalue weighted by atomic mass is 35.5. The van der Waals surface area contributed by atoms with Crippen molar-refractivity contribution >= 4 is 17.3 Å². The van der Waals surface area contributed by atoms with E-state index in [-0.39, 0.29) is 5.69 Å². The fourth-order valence-corrected chi connectivity index (χ4v) is 2.35. The van der Waals surface area contributed by atoms with E-state index in [0.717, 1.165) is 6.42 Å². The van der Waals surface area contributed by atoms with Crippen LogP contribution in [0, 0.1) is 16.0 Å². The SMILES string of the molecule is CC(C)Cc1noc(CN(C)Cc2cc([N+](=O)[O-])ccc2Cl)n1. The molecule has 0 bridgehead atoms. The highest BCUT2D eigenvalue weighted by Crippen LogP contribution is 2.23. The first-order valence-electron chi connectivity index (χ1n) is 7.28. The number of halogens is 1. The quantitative estimate of drug-likeness (QED) is 0.567. The molecule has 0 fully saturated rings. The van der Waals surface area contributed by atoms with Gasteiger partial charge in [-0.15, -0.1) is 0 Å². The van der Waals surface area contributed by atoms with E-state index in [9.17, 15) is 10.1 Å². The van der Waals surface area contributed by atoms with Crippen LogP contribution in [0.15, 0.2) is 22.7 Å². The summed E-state index contributed by atoms with van der Waals surface area (Å²) in [5.74, 6) is 1.67. The molecule has 2 rings (SSSR count). The van der Waals surface area contributed by atoms with Crippen molar-refractivity contribution in [2.45, 2.75) is 33.4 Å². The van der Waals surface area contributed by atoms with Crippen molar-refractivity contribution in [3.05, 3.63) is 50.6 Å². The van der Waals surface area contributed by atoms with Gasteiger partial charge in [0.2, 0.25) is 5.89 Å². The molecule has 0 saturated heterocycles. The summed E-state index contributed by atoms with van der Waals surface area (Å²) in [7, 11) is 1.86. The van der Waals surface area contributed by atoms with E-state index in [1.54, 1.807) is 0 Å².